The minimum Gasteiger partial charge on any atom is -0.496 e. The van der Waals surface area contributed by atoms with Crippen molar-refractivity contribution >= 4 is 0 Å². The second kappa shape index (κ2) is 5.61. The zero-order chi connectivity index (χ0) is 12.1. The first kappa shape index (κ1) is 12.6. The van der Waals surface area contributed by atoms with E-state index in [0.717, 1.165) is 5.56 Å². The molecule has 4 heteroatoms. The van der Waals surface area contributed by atoms with Crippen molar-refractivity contribution in [3.63, 3.8) is 0 Å². The molecule has 0 fully saturated rings. The Morgan fingerprint density at radius 1 is 1.00 bits per heavy atom. The Morgan fingerprint density at radius 2 is 1.50 bits per heavy atom. The van der Waals surface area contributed by atoms with E-state index in [2.05, 4.69) is 0 Å². The van der Waals surface area contributed by atoms with Crippen molar-refractivity contribution in [2.75, 3.05) is 21.3 Å². The second-order valence-electron chi connectivity index (χ2n) is 3.57. The molecule has 0 aliphatic carbocycles. The number of benzene rings is 1. The molecular formula is C12H18O4. The molecule has 1 aromatic carbocycles. The highest BCUT2D eigenvalue weighted by Crippen LogP contribution is 2.35. The van der Waals surface area contributed by atoms with Crippen LogP contribution in [-0.2, 0) is 6.42 Å². The van der Waals surface area contributed by atoms with Gasteiger partial charge in [-0.05, 0) is 13.0 Å². The van der Waals surface area contributed by atoms with E-state index in [4.69, 9.17) is 14.2 Å². The fourth-order valence-corrected chi connectivity index (χ4v) is 1.57. The summed E-state index contributed by atoms with van der Waals surface area (Å²) in [6.07, 6.45) is 0.0933. The predicted molar refractivity (Wildman–Crippen MR) is 61.5 cm³/mol. The van der Waals surface area contributed by atoms with E-state index in [0.29, 0.717) is 23.7 Å². The minimum absolute atomic E-state index is 0.424. The molecule has 0 aliphatic heterocycles. The number of ether oxygens (including phenoxy) is 3. The summed E-state index contributed by atoms with van der Waals surface area (Å²) in [4.78, 5) is 0. The van der Waals surface area contributed by atoms with Crippen LogP contribution in [0.3, 0.4) is 0 Å². The van der Waals surface area contributed by atoms with Crippen LogP contribution >= 0.6 is 0 Å². The van der Waals surface area contributed by atoms with Crippen LogP contribution in [0.25, 0.3) is 0 Å². The van der Waals surface area contributed by atoms with E-state index in [1.165, 1.54) is 0 Å². The Labute approximate surface area is 95.8 Å². The zero-order valence-electron chi connectivity index (χ0n) is 10.1. The Hall–Kier alpha value is -1.42. The largest absolute Gasteiger partial charge is 0.496 e. The first-order chi connectivity index (χ1) is 7.62. The Balaban J connectivity index is 3.15. The van der Waals surface area contributed by atoms with Crippen molar-refractivity contribution in [2.45, 2.75) is 19.4 Å². The maximum Gasteiger partial charge on any atom is 0.164 e. The van der Waals surface area contributed by atoms with E-state index in [1.54, 1.807) is 34.3 Å². The molecule has 0 aliphatic rings. The maximum atomic E-state index is 9.39. The Kier molecular flexibility index (Phi) is 4.43. The molecule has 90 valence electrons. The Bertz CT molecular complexity index is 347. The van der Waals surface area contributed by atoms with Gasteiger partial charge in [0.25, 0.3) is 0 Å². The van der Waals surface area contributed by atoms with Gasteiger partial charge in [0.15, 0.2) is 11.5 Å². The number of rotatable bonds is 5. The fourth-order valence-electron chi connectivity index (χ4n) is 1.57. The maximum absolute atomic E-state index is 9.39. The molecule has 0 amide bonds. The van der Waals surface area contributed by atoms with Crippen LogP contribution in [0.2, 0.25) is 0 Å². The molecule has 0 saturated heterocycles. The molecule has 0 bridgehead atoms. The molecular weight excluding hydrogens is 208 g/mol. The Morgan fingerprint density at radius 3 is 1.94 bits per heavy atom. The number of hydrogen-bond donors (Lipinski definition) is 1. The van der Waals surface area contributed by atoms with Crippen molar-refractivity contribution in [2.24, 2.45) is 0 Å². The first-order valence-electron chi connectivity index (χ1n) is 5.09. The molecule has 0 heterocycles. The first-order valence-corrected chi connectivity index (χ1v) is 5.09. The van der Waals surface area contributed by atoms with E-state index in [1.807, 2.05) is 6.07 Å². The van der Waals surface area contributed by atoms with Crippen LogP contribution in [0.5, 0.6) is 17.2 Å². The normalized spacial score (nSPS) is 12.1. The summed E-state index contributed by atoms with van der Waals surface area (Å²) < 4.78 is 15.6. The van der Waals surface area contributed by atoms with Crippen LogP contribution in [0.1, 0.15) is 12.5 Å². The van der Waals surface area contributed by atoms with Gasteiger partial charge in [-0.3, -0.25) is 0 Å². The number of aliphatic hydroxyl groups is 1. The van der Waals surface area contributed by atoms with Crippen molar-refractivity contribution in [3.05, 3.63) is 17.7 Å². The van der Waals surface area contributed by atoms with Gasteiger partial charge < -0.3 is 19.3 Å². The zero-order valence-corrected chi connectivity index (χ0v) is 10.1. The SMILES string of the molecule is COc1cc(OC)c(OC)cc1C[C@@H](C)O. The molecule has 0 spiro atoms. The van der Waals surface area contributed by atoms with E-state index < -0.39 is 6.10 Å². The molecule has 16 heavy (non-hydrogen) atoms. The highest BCUT2D eigenvalue weighted by molar-refractivity contribution is 5.50. The smallest absolute Gasteiger partial charge is 0.164 e. The summed E-state index contributed by atoms with van der Waals surface area (Å²) >= 11 is 0. The summed E-state index contributed by atoms with van der Waals surface area (Å²) in [5.74, 6) is 1.95. The predicted octanol–water partition coefficient (Wildman–Crippen LogP) is 1.64. The average Bonchev–Trinajstić information content (AvgIpc) is 2.27. The average molecular weight is 226 g/mol. The van der Waals surface area contributed by atoms with E-state index in [9.17, 15) is 5.11 Å². The number of aliphatic hydroxyl groups excluding tert-OH is 1. The van der Waals surface area contributed by atoms with Crippen molar-refractivity contribution in [1.82, 2.24) is 0 Å². The molecule has 1 atom stereocenters. The standard InChI is InChI=1S/C12H18O4/c1-8(13)5-9-6-11(15-3)12(16-4)7-10(9)14-2/h6-8,13H,5H2,1-4H3/t8-/m1/s1. The molecule has 1 rings (SSSR count). The van der Waals surface area contributed by atoms with E-state index >= 15 is 0 Å². The lowest BCUT2D eigenvalue weighted by Crippen LogP contribution is -2.06. The van der Waals surface area contributed by atoms with Gasteiger partial charge in [0.05, 0.1) is 27.4 Å². The summed E-state index contributed by atoms with van der Waals surface area (Å²) in [5.41, 5.74) is 0.898. The van der Waals surface area contributed by atoms with Crippen molar-refractivity contribution in [1.29, 1.82) is 0 Å². The van der Waals surface area contributed by atoms with Gasteiger partial charge in [0.2, 0.25) is 0 Å². The molecule has 0 unspecified atom stereocenters. The summed E-state index contributed by atoms with van der Waals surface area (Å²) in [5, 5.41) is 9.39. The molecule has 4 nitrogen and oxygen atoms in total. The van der Waals surface area contributed by atoms with Crippen LogP contribution in [-0.4, -0.2) is 32.5 Å². The van der Waals surface area contributed by atoms with E-state index in [-0.39, 0.29) is 0 Å². The monoisotopic (exact) mass is 226 g/mol. The minimum atomic E-state index is -0.424. The summed E-state index contributed by atoms with van der Waals surface area (Å²) in [6, 6.07) is 3.58. The lowest BCUT2D eigenvalue weighted by atomic mass is 10.1. The third-order valence-electron chi connectivity index (χ3n) is 2.30. The number of methoxy groups -OCH3 is 3. The molecule has 0 aromatic heterocycles. The van der Waals surface area contributed by atoms with Crippen molar-refractivity contribution in [3.8, 4) is 17.2 Å². The van der Waals surface area contributed by atoms with Gasteiger partial charge in [0.1, 0.15) is 5.75 Å². The molecule has 1 N–H and O–H groups in total. The van der Waals surface area contributed by atoms with Crippen LogP contribution in [0.15, 0.2) is 12.1 Å². The second-order valence-corrected chi connectivity index (χ2v) is 3.57. The van der Waals surface area contributed by atoms with Gasteiger partial charge in [0, 0.05) is 18.1 Å². The van der Waals surface area contributed by atoms with Crippen LogP contribution < -0.4 is 14.2 Å². The highest BCUT2D eigenvalue weighted by Gasteiger charge is 2.12. The lowest BCUT2D eigenvalue weighted by Gasteiger charge is -2.14. The van der Waals surface area contributed by atoms with Crippen LogP contribution in [0, 0.1) is 0 Å². The molecule has 0 radical (unpaired) electrons. The quantitative estimate of drug-likeness (QED) is 0.829. The lowest BCUT2D eigenvalue weighted by molar-refractivity contribution is 0.194. The summed E-state index contributed by atoms with van der Waals surface area (Å²) in [7, 11) is 4.74. The van der Waals surface area contributed by atoms with Crippen molar-refractivity contribution < 1.29 is 19.3 Å². The van der Waals surface area contributed by atoms with Crippen LogP contribution in [0.4, 0.5) is 0 Å². The third-order valence-corrected chi connectivity index (χ3v) is 2.30. The number of hydrogen-bond acceptors (Lipinski definition) is 4. The third kappa shape index (κ3) is 2.79. The molecule has 1 aromatic rings. The van der Waals surface area contributed by atoms with Gasteiger partial charge >= 0.3 is 0 Å². The van der Waals surface area contributed by atoms with Gasteiger partial charge in [-0.15, -0.1) is 0 Å². The van der Waals surface area contributed by atoms with Gasteiger partial charge in [-0.25, -0.2) is 0 Å². The highest BCUT2D eigenvalue weighted by atomic mass is 16.5. The fraction of sp³-hybridized carbons (Fsp3) is 0.500. The van der Waals surface area contributed by atoms with Gasteiger partial charge in [-0.2, -0.15) is 0 Å². The topological polar surface area (TPSA) is 47.9 Å². The summed E-state index contributed by atoms with van der Waals surface area (Å²) in [6.45, 7) is 1.73. The van der Waals surface area contributed by atoms with Gasteiger partial charge in [-0.1, -0.05) is 0 Å². The molecule has 0 saturated carbocycles.